The number of likely N-dealkylation sites (tertiary alicyclic amines) is 1. The molecule has 1 aliphatic rings. The number of hydrogen-bond donors (Lipinski definition) is 3. The van der Waals surface area contributed by atoms with Crippen molar-refractivity contribution in [1.82, 2.24) is 4.90 Å². The standard InChI is InChI=1S/C21H25N5O2/c1-25(17-6-4-5-16(13-17)20(22)23)14-19(27)28-18-9-7-15(8-10-18)21(24)26-11-2-3-12-26/h4-10,13,24H,2-3,11-12,14H2,1H3,(H3,22,23). The zero-order chi connectivity index (χ0) is 20.1. The van der Waals surface area contributed by atoms with Gasteiger partial charge in [0.15, 0.2) is 0 Å². The third-order valence-corrected chi connectivity index (χ3v) is 4.75. The third-order valence-electron chi connectivity index (χ3n) is 4.75. The Hall–Kier alpha value is -3.35. The summed E-state index contributed by atoms with van der Waals surface area (Å²) in [6.45, 7) is 1.91. The van der Waals surface area contributed by atoms with Crippen molar-refractivity contribution in [2.24, 2.45) is 5.73 Å². The minimum atomic E-state index is -0.391. The van der Waals surface area contributed by atoms with Crippen LogP contribution in [-0.2, 0) is 4.79 Å². The van der Waals surface area contributed by atoms with Gasteiger partial charge in [-0.05, 0) is 49.2 Å². The predicted molar refractivity (Wildman–Crippen MR) is 110 cm³/mol. The summed E-state index contributed by atoms with van der Waals surface area (Å²) in [7, 11) is 1.78. The molecule has 0 aromatic heterocycles. The molecular weight excluding hydrogens is 354 g/mol. The van der Waals surface area contributed by atoms with Crippen LogP contribution in [0.25, 0.3) is 0 Å². The van der Waals surface area contributed by atoms with Crippen LogP contribution < -0.4 is 15.4 Å². The summed E-state index contributed by atoms with van der Waals surface area (Å²) in [6.07, 6.45) is 2.25. The van der Waals surface area contributed by atoms with Gasteiger partial charge in [-0.2, -0.15) is 0 Å². The van der Waals surface area contributed by atoms with E-state index in [9.17, 15) is 4.79 Å². The van der Waals surface area contributed by atoms with Crippen LogP contribution in [0.2, 0.25) is 0 Å². The zero-order valence-electron chi connectivity index (χ0n) is 15.9. The second kappa shape index (κ2) is 8.56. The molecule has 7 nitrogen and oxygen atoms in total. The first-order valence-electron chi connectivity index (χ1n) is 9.24. The third kappa shape index (κ3) is 4.68. The molecule has 146 valence electrons. The van der Waals surface area contributed by atoms with Crippen molar-refractivity contribution >= 4 is 23.3 Å². The number of esters is 1. The summed E-state index contributed by atoms with van der Waals surface area (Å²) in [5.74, 6) is 0.560. The number of nitrogens with one attached hydrogen (secondary N) is 2. The molecule has 1 heterocycles. The molecule has 1 fully saturated rings. The molecule has 0 aliphatic carbocycles. The van der Waals surface area contributed by atoms with Crippen LogP contribution in [-0.4, -0.2) is 49.2 Å². The fourth-order valence-corrected chi connectivity index (χ4v) is 3.16. The Bertz CT molecular complexity index is 873. The number of hydrogen-bond acceptors (Lipinski definition) is 5. The Balaban J connectivity index is 1.57. The highest BCUT2D eigenvalue weighted by atomic mass is 16.5. The smallest absolute Gasteiger partial charge is 0.330 e. The maximum absolute atomic E-state index is 12.3. The largest absolute Gasteiger partial charge is 0.425 e. The highest BCUT2D eigenvalue weighted by molar-refractivity contribution is 5.97. The molecule has 0 spiro atoms. The molecular formula is C21H25N5O2. The number of nitrogen functional groups attached to an aromatic ring is 1. The number of nitrogens with two attached hydrogens (primary N) is 1. The molecule has 0 amide bonds. The Morgan fingerprint density at radius 3 is 2.43 bits per heavy atom. The number of carbonyl (C=O) groups is 1. The molecule has 1 saturated heterocycles. The number of benzene rings is 2. The van der Waals surface area contributed by atoms with Crippen molar-refractivity contribution in [1.29, 1.82) is 10.8 Å². The number of ether oxygens (including phenoxy) is 1. The van der Waals surface area contributed by atoms with Gasteiger partial charge in [-0.1, -0.05) is 12.1 Å². The number of anilines is 1. The van der Waals surface area contributed by atoms with Crippen molar-refractivity contribution in [2.45, 2.75) is 12.8 Å². The number of carbonyl (C=O) groups excluding carboxylic acids is 1. The van der Waals surface area contributed by atoms with Crippen LogP contribution >= 0.6 is 0 Å². The molecule has 7 heteroatoms. The molecule has 28 heavy (non-hydrogen) atoms. The molecule has 0 atom stereocenters. The summed E-state index contributed by atoms with van der Waals surface area (Å²) >= 11 is 0. The van der Waals surface area contributed by atoms with E-state index in [0.29, 0.717) is 17.1 Å². The van der Waals surface area contributed by atoms with E-state index in [0.717, 1.165) is 37.2 Å². The van der Waals surface area contributed by atoms with E-state index in [-0.39, 0.29) is 12.4 Å². The quantitative estimate of drug-likeness (QED) is 0.309. The van der Waals surface area contributed by atoms with Crippen LogP contribution in [0.3, 0.4) is 0 Å². The lowest BCUT2D eigenvalue weighted by atomic mass is 10.2. The Kier molecular flexibility index (Phi) is 5.93. The molecule has 2 aromatic rings. The first-order chi connectivity index (χ1) is 13.4. The van der Waals surface area contributed by atoms with Crippen molar-refractivity contribution in [3.63, 3.8) is 0 Å². The van der Waals surface area contributed by atoms with Crippen LogP contribution in [0, 0.1) is 10.8 Å². The summed E-state index contributed by atoms with van der Waals surface area (Å²) in [5.41, 5.74) is 7.72. The van der Waals surface area contributed by atoms with Crippen molar-refractivity contribution in [2.75, 3.05) is 31.6 Å². The first-order valence-corrected chi connectivity index (χ1v) is 9.24. The molecule has 3 rings (SSSR count). The molecule has 1 aliphatic heterocycles. The summed E-state index contributed by atoms with van der Waals surface area (Å²) in [5, 5.41) is 15.8. The highest BCUT2D eigenvalue weighted by Gasteiger charge is 2.16. The molecule has 2 aromatic carbocycles. The average molecular weight is 379 g/mol. The number of nitrogens with zero attached hydrogens (tertiary/aromatic N) is 2. The second-order valence-corrected chi connectivity index (χ2v) is 6.86. The van der Waals surface area contributed by atoms with Gasteiger partial charge in [0, 0.05) is 37.0 Å². The molecule has 0 saturated carbocycles. The van der Waals surface area contributed by atoms with Gasteiger partial charge in [-0.15, -0.1) is 0 Å². The SMILES string of the molecule is CN(CC(=O)Oc1ccc(C(=N)N2CCCC2)cc1)c1cccc(C(=N)N)c1. The van der Waals surface area contributed by atoms with E-state index in [1.807, 2.05) is 18.2 Å². The lowest BCUT2D eigenvalue weighted by molar-refractivity contribution is -0.132. The lowest BCUT2D eigenvalue weighted by Crippen LogP contribution is -2.29. The van der Waals surface area contributed by atoms with E-state index in [4.69, 9.17) is 21.3 Å². The van der Waals surface area contributed by atoms with Gasteiger partial charge in [-0.25, -0.2) is 4.79 Å². The number of likely N-dealkylation sites (N-methyl/N-ethyl adjacent to an activating group) is 1. The topological polar surface area (TPSA) is 106 Å². The normalized spacial score (nSPS) is 13.2. The van der Waals surface area contributed by atoms with Crippen LogP contribution in [0.1, 0.15) is 24.0 Å². The fourth-order valence-electron chi connectivity index (χ4n) is 3.16. The number of rotatable bonds is 6. The van der Waals surface area contributed by atoms with Gasteiger partial charge in [-0.3, -0.25) is 10.8 Å². The van der Waals surface area contributed by atoms with Crippen molar-refractivity contribution in [3.05, 3.63) is 59.7 Å². The molecule has 0 bridgehead atoms. The Morgan fingerprint density at radius 2 is 1.79 bits per heavy atom. The predicted octanol–water partition coefficient (Wildman–Crippen LogP) is 2.43. The minimum Gasteiger partial charge on any atom is -0.425 e. The van der Waals surface area contributed by atoms with Crippen molar-refractivity contribution in [3.8, 4) is 5.75 Å². The summed E-state index contributed by atoms with van der Waals surface area (Å²) in [4.78, 5) is 16.1. The van der Waals surface area contributed by atoms with Gasteiger partial charge in [0.05, 0.1) is 0 Å². The zero-order valence-corrected chi connectivity index (χ0v) is 15.9. The van der Waals surface area contributed by atoms with E-state index in [2.05, 4.69) is 4.90 Å². The maximum atomic E-state index is 12.3. The Morgan fingerprint density at radius 1 is 1.11 bits per heavy atom. The van der Waals surface area contributed by atoms with E-state index in [1.54, 1.807) is 42.3 Å². The van der Waals surface area contributed by atoms with Gasteiger partial charge < -0.3 is 20.3 Å². The molecule has 0 radical (unpaired) electrons. The molecule has 0 unspecified atom stereocenters. The maximum Gasteiger partial charge on any atom is 0.330 e. The number of amidine groups is 2. The van der Waals surface area contributed by atoms with Crippen molar-refractivity contribution < 1.29 is 9.53 Å². The van der Waals surface area contributed by atoms with Gasteiger partial charge >= 0.3 is 5.97 Å². The fraction of sp³-hybridized carbons (Fsp3) is 0.286. The minimum absolute atomic E-state index is 0.0163. The van der Waals surface area contributed by atoms with Crippen LogP contribution in [0.4, 0.5) is 5.69 Å². The van der Waals surface area contributed by atoms with Crippen LogP contribution in [0.15, 0.2) is 48.5 Å². The summed E-state index contributed by atoms with van der Waals surface area (Å²) < 4.78 is 5.41. The van der Waals surface area contributed by atoms with Gasteiger partial charge in [0.25, 0.3) is 0 Å². The van der Waals surface area contributed by atoms with E-state index in [1.165, 1.54) is 0 Å². The molecule has 4 N–H and O–H groups in total. The first kappa shape index (κ1) is 19.4. The van der Waals surface area contributed by atoms with E-state index >= 15 is 0 Å². The van der Waals surface area contributed by atoms with E-state index < -0.39 is 5.97 Å². The average Bonchev–Trinajstić information content (AvgIpc) is 3.23. The lowest BCUT2D eigenvalue weighted by Gasteiger charge is -2.19. The highest BCUT2D eigenvalue weighted by Crippen LogP contribution is 2.18. The monoisotopic (exact) mass is 379 g/mol. The second-order valence-electron chi connectivity index (χ2n) is 6.86. The van der Waals surface area contributed by atoms with Crippen LogP contribution in [0.5, 0.6) is 5.75 Å². The van der Waals surface area contributed by atoms with Gasteiger partial charge in [0.2, 0.25) is 0 Å². The Labute approximate surface area is 164 Å². The van der Waals surface area contributed by atoms with Gasteiger partial charge in [0.1, 0.15) is 24.0 Å². The summed E-state index contributed by atoms with van der Waals surface area (Å²) in [6, 6.07) is 14.2.